The summed E-state index contributed by atoms with van der Waals surface area (Å²) < 4.78 is 6.22. The molecule has 0 saturated heterocycles. The van der Waals surface area contributed by atoms with Crippen LogP contribution in [0, 0.1) is 0 Å². The number of aliphatic imine (C=N–C) groups is 1. The van der Waals surface area contributed by atoms with Gasteiger partial charge in [-0.3, -0.25) is 19.3 Å². The minimum absolute atomic E-state index is 0.0846. The van der Waals surface area contributed by atoms with Gasteiger partial charge in [0.1, 0.15) is 17.9 Å². The van der Waals surface area contributed by atoms with Gasteiger partial charge in [-0.15, -0.1) is 0 Å². The van der Waals surface area contributed by atoms with Gasteiger partial charge >= 0.3 is 0 Å². The maximum absolute atomic E-state index is 14.2. The van der Waals surface area contributed by atoms with E-state index in [2.05, 4.69) is 41.2 Å². The fraction of sp³-hybridized carbons (Fsp3) is 0.0909. The predicted molar refractivity (Wildman–Crippen MR) is 210 cm³/mol. The van der Waals surface area contributed by atoms with Crippen molar-refractivity contribution in [3.63, 3.8) is 0 Å². The molecule has 258 valence electrons. The topological polar surface area (TPSA) is 88.1 Å². The van der Waals surface area contributed by atoms with Crippen molar-refractivity contribution in [1.29, 1.82) is 0 Å². The second-order valence-corrected chi connectivity index (χ2v) is 12.8. The number of fused-ring (bicyclic) bond motifs is 1. The molecule has 1 heterocycles. The Labute approximate surface area is 307 Å². The van der Waals surface area contributed by atoms with Crippen LogP contribution in [0.3, 0.4) is 0 Å². The molecule has 1 N–H and O–H groups in total. The number of ether oxygens (including phenoxy) is 1. The standard InChI is InChI=1S/C44H37N3O4S/c1-3-5-23-37(4-2)47-43(50)38(28-36-22-14-15-24-39(36)51-29-31-25-26-32-16-12-13-21-35(32)27-31)42(49)46-44(47)52-30-40(48)45-41(33-17-8-6-9-18-33)34-19-10-7-11-20-34/h3-28,41H,1,29-30H2,2H3,(H,45,48)/b23-5-,37-4+,38-28+. The Morgan fingerprint density at radius 1 is 0.865 bits per heavy atom. The number of benzene rings is 5. The fourth-order valence-electron chi connectivity index (χ4n) is 5.77. The highest BCUT2D eigenvalue weighted by molar-refractivity contribution is 8.14. The Balaban J connectivity index is 1.24. The van der Waals surface area contributed by atoms with Gasteiger partial charge < -0.3 is 10.1 Å². The van der Waals surface area contributed by atoms with Crippen molar-refractivity contribution >= 4 is 51.5 Å². The van der Waals surface area contributed by atoms with Crippen molar-refractivity contribution < 1.29 is 19.1 Å². The maximum atomic E-state index is 14.2. The van der Waals surface area contributed by atoms with Crippen molar-refractivity contribution in [3.05, 3.63) is 192 Å². The van der Waals surface area contributed by atoms with E-state index in [0.29, 0.717) is 23.6 Å². The van der Waals surface area contributed by atoms with Crippen molar-refractivity contribution in [2.75, 3.05) is 5.75 Å². The van der Waals surface area contributed by atoms with E-state index in [1.807, 2.05) is 91.0 Å². The number of amidine groups is 1. The molecular formula is C44H37N3O4S. The first-order valence-electron chi connectivity index (χ1n) is 16.8. The fourth-order valence-corrected chi connectivity index (χ4v) is 6.58. The van der Waals surface area contributed by atoms with Gasteiger partial charge in [0.15, 0.2) is 5.17 Å². The molecule has 7 nitrogen and oxygen atoms in total. The SMILES string of the molecule is C=C/C=C\C(=C/C)N1C(=O)/C(=C/c2ccccc2OCc2ccc3ccccc3c2)C(=O)N=C1SCC(=O)NC(c1ccccc1)c1ccccc1. The Kier molecular flexibility index (Phi) is 11.7. The lowest BCUT2D eigenvalue weighted by Crippen LogP contribution is -2.42. The molecule has 0 aliphatic carbocycles. The van der Waals surface area contributed by atoms with Gasteiger partial charge in [-0.05, 0) is 58.7 Å². The van der Waals surface area contributed by atoms with Crippen LogP contribution in [-0.2, 0) is 21.0 Å². The molecule has 52 heavy (non-hydrogen) atoms. The van der Waals surface area contributed by atoms with Crippen LogP contribution in [0.4, 0.5) is 0 Å². The molecule has 0 saturated carbocycles. The molecule has 1 aliphatic heterocycles. The number of hydrogen-bond acceptors (Lipinski definition) is 5. The van der Waals surface area contributed by atoms with Crippen molar-refractivity contribution in [2.24, 2.45) is 4.99 Å². The number of nitrogens with one attached hydrogen (secondary N) is 1. The second kappa shape index (κ2) is 17.1. The quantitative estimate of drug-likeness (QED) is 0.0798. The van der Waals surface area contributed by atoms with Gasteiger partial charge in [-0.1, -0.05) is 152 Å². The molecule has 1 aliphatic rings. The summed E-state index contributed by atoms with van der Waals surface area (Å²) >= 11 is 1.02. The first-order chi connectivity index (χ1) is 25.4. The Morgan fingerprint density at radius 2 is 1.52 bits per heavy atom. The Bertz CT molecular complexity index is 2190. The summed E-state index contributed by atoms with van der Waals surface area (Å²) in [4.78, 5) is 47.0. The van der Waals surface area contributed by atoms with E-state index < -0.39 is 11.8 Å². The molecule has 5 aromatic carbocycles. The molecule has 0 spiro atoms. The van der Waals surface area contributed by atoms with Crippen molar-refractivity contribution in [2.45, 2.75) is 19.6 Å². The smallest absolute Gasteiger partial charge is 0.285 e. The highest BCUT2D eigenvalue weighted by atomic mass is 32.2. The van der Waals surface area contributed by atoms with E-state index >= 15 is 0 Å². The first-order valence-corrected chi connectivity index (χ1v) is 17.8. The summed E-state index contributed by atoms with van der Waals surface area (Å²) in [7, 11) is 0. The zero-order chi connectivity index (χ0) is 36.3. The van der Waals surface area contributed by atoms with E-state index in [9.17, 15) is 14.4 Å². The Hall–Kier alpha value is -6.25. The number of amides is 3. The normalized spacial score (nSPS) is 14.3. The van der Waals surface area contributed by atoms with Crippen LogP contribution in [0.1, 0.15) is 35.2 Å². The monoisotopic (exact) mass is 703 g/mol. The van der Waals surface area contributed by atoms with Crippen LogP contribution in [-0.4, -0.2) is 33.5 Å². The molecule has 0 atom stereocenters. The molecule has 3 amide bonds. The summed E-state index contributed by atoms with van der Waals surface area (Å²) in [5.41, 5.74) is 3.74. The van der Waals surface area contributed by atoms with Gasteiger partial charge in [0.05, 0.1) is 11.8 Å². The number of allylic oxidation sites excluding steroid dienone is 4. The van der Waals surface area contributed by atoms with Gasteiger partial charge in [-0.2, -0.15) is 4.99 Å². The first kappa shape index (κ1) is 35.6. The summed E-state index contributed by atoms with van der Waals surface area (Å²) in [6.45, 7) is 5.83. The number of rotatable bonds is 12. The summed E-state index contributed by atoms with van der Waals surface area (Å²) in [6.07, 6.45) is 8.24. The number of hydrogen-bond donors (Lipinski definition) is 1. The molecule has 8 heteroatoms. The molecule has 0 fully saturated rings. The second-order valence-electron chi connectivity index (χ2n) is 11.8. The molecule has 0 aromatic heterocycles. The van der Waals surface area contributed by atoms with Crippen LogP contribution in [0.25, 0.3) is 16.8 Å². The summed E-state index contributed by atoms with van der Waals surface area (Å²) in [5.74, 6) is -1.13. The van der Waals surface area contributed by atoms with E-state index in [-0.39, 0.29) is 28.4 Å². The predicted octanol–water partition coefficient (Wildman–Crippen LogP) is 8.81. The molecule has 0 unspecified atom stereocenters. The minimum atomic E-state index is -0.705. The lowest BCUT2D eigenvalue weighted by atomic mass is 9.99. The van der Waals surface area contributed by atoms with Gasteiger partial charge in [0.2, 0.25) is 5.91 Å². The van der Waals surface area contributed by atoms with Gasteiger partial charge in [0, 0.05) is 11.3 Å². The number of nitrogens with zero attached hydrogens (tertiary/aromatic N) is 2. The minimum Gasteiger partial charge on any atom is -0.488 e. The highest BCUT2D eigenvalue weighted by Gasteiger charge is 2.35. The van der Waals surface area contributed by atoms with Crippen molar-refractivity contribution in [3.8, 4) is 5.75 Å². The van der Waals surface area contributed by atoms with Crippen LogP contribution in [0.5, 0.6) is 5.75 Å². The largest absolute Gasteiger partial charge is 0.488 e. The number of carbonyl (C=O) groups is 3. The lowest BCUT2D eigenvalue weighted by Gasteiger charge is -2.28. The molecular weight excluding hydrogens is 667 g/mol. The summed E-state index contributed by atoms with van der Waals surface area (Å²) in [5, 5.41) is 5.46. The van der Waals surface area contributed by atoms with Gasteiger partial charge in [0.25, 0.3) is 11.8 Å². The molecule has 6 rings (SSSR count). The molecule has 0 bridgehead atoms. The number of para-hydroxylation sites is 1. The number of thioether (sulfide) groups is 1. The Morgan fingerprint density at radius 3 is 2.21 bits per heavy atom. The zero-order valence-electron chi connectivity index (χ0n) is 28.6. The number of carbonyl (C=O) groups excluding carboxylic acids is 3. The third-order valence-corrected chi connectivity index (χ3v) is 9.28. The molecule has 5 aromatic rings. The van der Waals surface area contributed by atoms with E-state index in [0.717, 1.165) is 39.2 Å². The van der Waals surface area contributed by atoms with E-state index in [1.54, 1.807) is 43.4 Å². The average Bonchev–Trinajstić information content (AvgIpc) is 3.18. The third kappa shape index (κ3) is 8.54. The average molecular weight is 704 g/mol. The molecule has 0 radical (unpaired) electrons. The lowest BCUT2D eigenvalue weighted by molar-refractivity contribution is -0.126. The van der Waals surface area contributed by atoms with Crippen LogP contribution in [0.15, 0.2) is 175 Å². The van der Waals surface area contributed by atoms with E-state index in [4.69, 9.17) is 4.74 Å². The van der Waals surface area contributed by atoms with Crippen LogP contribution < -0.4 is 10.1 Å². The van der Waals surface area contributed by atoms with Crippen molar-refractivity contribution in [1.82, 2.24) is 10.2 Å². The van der Waals surface area contributed by atoms with E-state index in [1.165, 1.54) is 11.0 Å². The van der Waals surface area contributed by atoms with Crippen LogP contribution >= 0.6 is 11.8 Å². The zero-order valence-corrected chi connectivity index (χ0v) is 29.5. The third-order valence-electron chi connectivity index (χ3n) is 8.34. The van der Waals surface area contributed by atoms with Gasteiger partial charge in [-0.25, -0.2) is 0 Å². The summed E-state index contributed by atoms with van der Waals surface area (Å²) in [6, 6.07) is 40.5. The highest BCUT2D eigenvalue weighted by Crippen LogP contribution is 2.29. The maximum Gasteiger partial charge on any atom is 0.285 e. The van der Waals surface area contributed by atoms with Crippen LogP contribution in [0.2, 0.25) is 0 Å².